The Bertz CT molecular complexity index is 885. The summed E-state index contributed by atoms with van der Waals surface area (Å²) < 4.78 is 0. The number of nitrogens with one attached hydrogen (secondary N) is 2. The van der Waals surface area contributed by atoms with Crippen LogP contribution in [0, 0.1) is 5.92 Å². The first-order valence-corrected chi connectivity index (χ1v) is 12.1. The number of hydrogen-bond donors (Lipinski definition) is 3. The SMILES string of the molecule is CCNc1ncnc2c1C=CNC2.O=C(O)C1C=CC/C=C(CCCN2CCCCC2)\C=C/1. The summed E-state index contributed by atoms with van der Waals surface area (Å²) in [6.45, 7) is 7.39. The molecule has 4 rings (SSSR count). The van der Waals surface area contributed by atoms with Crippen LogP contribution in [0.25, 0.3) is 6.08 Å². The van der Waals surface area contributed by atoms with Crippen LogP contribution in [-0.2, 0) is 11.3 Å². The highest BCUT2D eigenvalue weighted by Crippen LogP contribution is 2.19. The zero-order valence-corrected chi connectivity index (χ0v) is 19.7. The number of carboxylic acids is 1. The molecule has 1 aliphatic carbocycles. The van der Waals surface area contributed by atoms with Gasteiger partial charge in [-0.3, -0.25) is 4.79 Å². The molecular weight excluding hydrogens is 414 g/mol. The van der Waals surface area contributed by atoms with Crippen LogP contribution < -0.4 is 10.6 Å². The first-order valence-electron chi connectivity index (χ1n) is 12.1. The molecule has 2 aliphatic heterocycles. The van der Waals surface area contributed by atoms with E-state index in [0.717, 1.165) is 49.4 Å². The molecule has 0 amide bonds. The number of hydrogen-bond acceptors (Lipinski definition) is 6. The predicted molar refractivity (Wildman–Crippen MR) is 134 cm³/mol. The van der Waals surface area contributed by atoms with Crippen molar-refractivity contribution in [2.24, 2.45) is 5.92 Å². The first kappa shape index (κ1) is 24.7. The molecule has 178 valence electrons. The van der Waals surface area contributed by atoms with Gasteiger partial charge in [0.25, 0.3) is 0 Å². The molecule has 0 bridgehead atoms. The van der Waals surface area contributed by atoms with Crippen LogP contribution in [0.5, 0.6) is 0 Å². The summed E-state index contributed by atoms with van der Waals surface area (Å²) in [6, 6.07) is 0. The van der Waals surface area contributed by atoms with E-state index in [0.29, 0.717) is 0 Å². The van der Waals surface area contributed by atoms with E-state index in [1.165, 1.54) is 44.5 Å². The topological polar surface area (TPSA) is 90.4 Å². The summed E-state index contributed by atoms with van der Waals surface area (Å²) in [5, 5.41) is 15.4. The van der Waals surface area contributed by atoms with E-state index in [-0.39, 0.29) is 0 Å². The lowest BCUT2D eigenvalue weighted by molar-refractivity contribution is -0.138. The molecule has 3 heterocycles. The standard InChI is InChI=1S/C17H25NO2.C9H12N4/c19-17(20)16-9-3-2-7-15(10-11-16)8-6-14-18-12-4-1-5-13-18;1-2-11-9-7-3-4-10-5-8(7)12-6-13-9/h3,7,9-11,16H,1-2,4-6,8,12-14H2,(H,19,20);3-4,6,10H,2,5H2,1H3,(H,11,12,13)/b9-3?,11-10-,15-7-;. The zero-order chi connectivity index (χ0) is 23.3. The summed E-state index contributed by atoms with van der Waals surface area (Å²) in [5.74, 6) is -0.321. The summed E-state index contributed by atoms with van der Waals surface area (Å²) in [5.41, 5.74) is 3.43. The second-order valence-corrected chi connectivity index (χ2v) is 8.50. The second-order valence-electron chi connectivity index (χ2n) is 8.50. The number of piperidine rings is 1. The van der Waals surface area contributed by atoms with Gasteiger partial charge in [-0.2, -0.15) is 0 Å². The Morgan fingerprint density at radius 3 is 2.85 bits per heavy atom. The average molecular weight is 452 g/mol. The molecular formula is C26H37N5O2. The van der Waals surface area contributed by atoms with Crippen LogP contribution in [0.2, 0.25) is 0 Å². The fraction of sp³-hybridized carbons (Fsp3) is 0.500. The van der Waals surface area contributed by atoms with E-state index in [2.05, 4.69) is 38.5 Å². The van der Waals surface area contributed by atoms with E-state index in [1.54, 1.807) is 18.5 Å². The van der Waals surface area contributed by atoms with E-state index < -0.39 is 11.9 Å². The molecule has 0 saturated carbocycles. The molecule has 1 atom stereocenters. The third-order valence-electron chi connectivity index (χ3n) is 6.00. The molecule has 0 spiro atoms. The Hall–Kier alpha value is -2.93. The molecule has 1 saturated heterocycles. The van der Waals surface area contributed by atoms with Gasteiger partial charge in [0.15, 0.2) is 0 Å². The van der Waals surface area contributed by atoms with Gasteiger partial charge in [0.1, 0.15) is 12.1 Å². The monoisotopic (exact) mass is 451 g/mol. The van der Waals surface area contributed by atoms with E-state index in [1.807, 2.05) is 24.4 Å². The Balaban J connectivity index is 0.000000203. The van der Waals surface area contributed by atoms with Gasteiger partial charge < -0.3 is 20.6 Å². The summed E-state index contributed by atoms with van der Waals surface area (Å²) in [6.07, 6.45) is 22.4. The quantitative estimate of drug-likeness (QED) is 0.530. The van der Waals surface area contributed by atoms with Crippen molar-refractivity contribution >= 4 is 17.9 Å². The minimum Gasteiger partial charge on any atom is -0.481 e. The Labute approximate surface area is 197 Å². The molecule has 3 aliphatic rings. The molecule has 7 heteroatoms. The van der Waals surface area contributed by atoms with E-state index in [4.69, 9.17) is 5.11 Å². The molecule has 1 unspecified atom stereocenters. The first-order chi connectivity index (χ1) is 16.2. The smallest absolute Gasteiger partial charge is 0.314 e. The zero-order valence-electron chi connectivity index (χ0n) is 19.7. The van der Waals surface area contributed by atoms with Crippen molar-refractivity contribution < 1.29 is 9.90 Å². The predicted octanol–water partition coefficient (Wildman–Crippen LogP) is 4.38. The fourth-order valence-electron chi connectivity index (χ4n) is 4.20. The fourth-order valence-corrected chi connectivity index (χ4v) is 4.20. The number of aromatic nitrogens is 2. The maximum atomic E-state index is 11.0. The van der Waals surface area contributed by atoms with Gasteiger partial charge in [-0.25, -0.2) is 9.97 Å². The number of anilines is 1. The highest BCUT2D eigenvalue weighted by molar-refractivity contribution is 5.74. The molecule has 0 radical (unpaired) electrons. The van der Waals surface area contributed by atoms with Crippen LogP contribution in [0.4, 0.5) is 5.82 Å². The lowest BCUT2D eigenvalue weighted by Gasteiger charge is -2.26. The Morgan fingerprint density at radius 1 is 1.21 bits per heavy atom. The van der Waals surface area contributed by atoms with E-state index >= 15 is 0 Å². The van der Waals surface area contributed by atoms with Crippen molar-refractivity contribution in [3.63, 3.8) is 0 Å². The highest BCUT2D eigenvalue weighted by atomic mass is 16.4. The molecule has 7 nitrogen and oxygen atoms in total. The van der Waals surface area contributed by atoms with Gasteiger partial charge in [-0.05, 0) is 70.9 Å². The molecule has 33 heavy (non-hydrogen) atoms. The van der Waals surface area contributed by atoms with Gasteiger partial charge in [0.2, 0.25) is 0 Å². The number of carboxylic acid groups (broad SMARTS) is 1. The molecule has 0 aromatic carbocycles. The maximum Gasteiger partial charge on any atom is 0.314 e. The van der Waals surface area contributed by atoms with Crippen LogP contribution in [0.15, 0.2) is 48.5 Å². The average Bonchev–Trinajstić information content (AvgIpc) is 2.82. The van der Waals surface area contributed by atoms with Gasteiger partial charge in [0.05, 0.1) is 18.2 Å². The third kappa shape index (κ3) is 8.17. The minimum absolute atomic E-state index is 0.471. The number of allylic oxidation sites excluding steroid dienone is 4. The number of carbonyl (C=O) groups is 1. The largest absolute Gasteiger partial charge is 0.481 e. The molecule has 1 fully saturated rings. The van der Waals surface area contributed by atoms with Crippen molar-refractivity contribution in [3.05, 3.63) is 59.7 Å². The Morgan fingerprint density at radius 2 is 2.06 bits per heavy atom. The highest BCUT2D eigenvalue weighted by Gasteiger charge is 2.12. The van der Waals surface area contributed by atoms with Crippen molar-refractivity contribution in [1.29, 1.82) is 0 Å². The number of nitrogens with zero attached hydrogens (tertiary/aromatic N) is 3. The normalized spacial score (nSPS) is 22.3. The van der Waals surface area contributed by atoms with Crippen molar-refractivity contribution in [2.75, 3.05) is 31.5 Å². The molecule has 3 N–H and O–H groups in total. The van der Waals surface area contributed by atoms with Gasteiger partial charge in [-0.15, -0.1) is 0 Å². The lowest BCUT2D eigenvalue weighted by atomic mass is 10.0. The maximum absolute atomic E-state index is 11.0. The van der Waals surface area contributed by atoms with Crippen LogP contribution in [-0.4, -0.2) is 52.1 Å². The van der Waals surface area contributed by atoms with Crippen molar-refractivity contribution in [1.82, 2.24) is 20.2 Å². The Kier molecular flexibility index (Phi) is 10.2. The minimum atomic E-state index is -0.771. The van der Waals surface area contributed by atoms with Crippen LogP contribution in [0.1, 0.15) is 56.7 Å². The third-order valence-corrected chi connectivity index (χ3v) is 6.00. The van der Waals surface area contributed by atoms with Crippen LogP contribution in [0.3, 0.4) is 0 Å². The van der Waals surface area contributed by atoms with Crippen LogP contribution >= 0.6 is 0 Å². The second kappa shape index (κ2) is 13.6. The summed E-state index contributed by atoms with van der Waals surface area (Å²) in [4.78, 5) is 21.9. The number of likely N-dealkylation sites (tertiary alicyclic amines) is 1. The molecule has 1 aromatic rings. The summed E-state index contributed by atoms with van der Waals surface area (Å²) in [7, 11) is 0. The lowest BCUT2D eigenvalue weighted by Crippen LogP contribution is -2.30. The number of fused-ring (bicyclic) bond motifs is 1. The van der Waals surface area contributed by atoms with Gasteiger partial charge >= 0.3 is 5.97 Å². The van der Waals surface area contributed by atoms with Crippen molar-refractivity contribution in [3.8, 4) is 0 Å². The van der Waals surface area contributed by atoms with E-state index in [9.17, 15) is 4.79 Å². The van der Waals surface area contributed by atoms with Gasteiger partial charge in [-0.1, -0.05) is 42.4 Å². The van der Waals surface area contributed by atoms with Crippen molar-refractivity contribution in [2.45, 2.75) is 52.0 Å². The van der Waals surface area contributed by atoms with Gasteiger partial charge in [0, 0.05) is 12.1 Å². The molecule has 1 aromatic heterocycles. The summed E-state index contributed by atoms with van der Waals surface area (Å²) >= 11 is 0. The number of rotatable bonds is 7. The number of aliphatic carboxylic acids is 1.